The number of amides is 2. The van der Waals surface area contributed by atoms with Crippen LogP contribution in [0.25, 0.3) is 10.9 Å². The number of allylic oxidation sites excluding steroid dienone is 2. The fourth-order valence-electron chi connectivity index (χ4n) is 6.11. The zero-order chi connectivity index (χ0) is 23.9. The van der Waals surface area contributed by atoms with Gasteiger partial charge in [-0.05, 0) is 49.7 Å². The Labute approximate surface area is 200 Å². The molecule has 2 atom stereocenters. The Morgan fingerprint density at radius 1 is 0.941 bits per heavy atom. The Morgan fingerprint density at radius 3 is 2.26 bits per heavy atom. The summed E-state index contributed by atoms with van der Waals surface area (Å²) in [5.41, 5.74) is 1.85. The predicted molar refractivity (Wildman–Crippen MR) is 129 cm³/mol. The molecule has 1 aliphatic carbocycles. The minimum Gasteiger partial charge on any atom is -0.469 e. The van der Waals surface area contributed by atoms with Crippen molar-refractivity contribution in [2.24, 2.45) is 24.3 Å². The lowest BCUT2D eigenvalue weighted by Crippen LogP contribution is -2.46. The third-order valence-corrected chi connectivity index (χ3v) is 8.29. The fourth-order valence-corrected chi connectivity index (χ4v) is 6.11. The van der Waals surface area contributed by atoms with Gasteiger partial charge in [0.05, 0.1) is 18.9 Å². The molecule has 3 aliphatic rings. The third kappa shape index (κ3) is 3.91. The van der Waals surface area contributed by atoms with Crippen LogP contribution in [-0.4, -0.2) is 65.4 Å². The number of nitrogens with zero attached hydrogens (tertiary/aromatic N) is 3. The number of aromatic nitrogens is 1. The lowest BCUT2D eigenvalue weighted by molar-refractivity contribution is -0.153. The van der Waals surface area contributed by atoms with E-state index in [2.05, 4.69) is 0 Å². The molecule has 180 valence electrons. The molecule has 0 radical (unpaired) electrons. The highest BCUT2D eigenvalue weighted by Crippen LogP contribution is 2.42. The Kier molecular flexibility index (Phi) is 5.96. The van der Waals surface area contributed by atoms with Crippen LogP contribution >= 0.6 is 0 Å². The number of hydrogen-bond acceptors (Lipinski definition) is 4. The maximum absolute atomic E-state index is 13.4. The molecule has 5 rings (SSSR count). The molecule has 2 saturated heterocycles. The summed E-state index contributed by atoms with van der Waals surface area (Å²) in [4.78, 5) is 42.8. The molecule has 3 heterocycles. The lowest BCUT2D eigenvalue weighted by Gasteiger charge is -2.39. The van der Waals surface area contributed by atoms with Crippen LogP contribution in [-0.2, 0) is 21.4 Å². The largest absolute Gasteiger partial charge is 0.469 e. The summed E-state index contributed by atoms with van der Waals surface area (Å²) in [5.74, 6) is -0.864. The van der Waals surface area contributed by atoms with E-state index in [0.29, 0.717) is 25.9 Å². The number of rotatable bonds is 3. The summed E-state index contributed by atoms with van der Waals surface area (Å²) < 4.78 is 6.94. The van der Waals surface area contributed by atoms with Crippen molar-refractivity contribution >= 4 is 28.7 Å². The standard InChI is InChI=1S/C27H33N3O4/c1-28-22-10-6-3-7-19(22)17-23(28)25(32)29-14-11-27(12-15-29)13-16-30(18-27)24(31)20-8-4-5-9-21(20)26(33)34-2/h3-7,10,17,20-21H,8-9,11-16,18H2,1-2H3/t20-,21+/m1/s1. The molecular weight excluding hydrogens is 430 g/mol. The Hall–Kier alpha value is -3.09. The van der Waals surface area contributed by atoms with E-state index in [0.717, 1.165) is 48.9 Å². The number of aryl methyl sites for hydroxylation is 1. The number of para-hydroxylation sites is 1. The van der Waals surface area contributed by atoms with Crippen molar-refractivity contribution in [1.29, 1.82) is 0 Å². The van der Waals surface area contributed by atoms with Gasteiger partial charge in [-0.25, -0.2) is 0 Å². The van der Waals surface area contributed by atoms with Gasteiger partial charge in [0.2, 0.25) is 5.91 Å². The molecule has 0 N–H and O–H groups in total. The SMILES string of the molecule is COC(=O)[C@H]1CC=CC[C@H]1C(=O)N1CCC2(CCN(C(=O)c3cc4ccccc4n3C)CC2)C1. The molecular formula is C27H33N3O4. The van der Waals surface area contributed by atoms with E-state index < -0.39 is 0 Å². The summed E-state index contributed by atoms with van der Waals surface area (Å²) >= 11 is 0. The van der Waals surface area contributed by atoms with E-state index in [9.17, 15) is 14.4 Å². The second-order valence-corrected chi connectivity index (χ2v) is 10.1. The Balaban J connectivity index is 1.23. The lowest BCUT2D eigenvalue weighted by atomic mass is 9.77. The van der Waals surface area contributed by atoms with Gasteiger partial charge < -0.3 is 19.1 Å². The number of benzene rings is 1. The molecule has 0 unspecified atom stereocenters. The van der Waals surface area contributed by atoms with Crippen LogP contribution in [0, 0.1) is 17.3 Å². The van der Waals surface area contributed by atoms with Gasteiger partial charge in [0.25, 0.3) is 5.91 Å². The van der Waals surface area contributed by atoms with E-state index in [-0.39, 0.29) is 35.0 Å². The van der Waals surface area contributed by atoms with Crippen molar-refractivity contribution in [3.05, 3.63) is 48.2 Å². The number of ether oxygens (including phenoxy) is 1. The average Bonchev–Trinajstić information content (AvgIpc) is 3.44. The van der Waals surface area contributed by atoms with Gasteiger partial charge in [0, 0.05) is 44.1 Å². The van der Waals surface area contributed by atoms with Crippen LogP contribution in [0.1, 0.15) is 42.6 Å². The molecule has 0 saturated carbocycles. The first kappa shape index (κ1) is 22.7. The molecule has 0 bridgehead atoms. The van der Waals surface area contributed by atoms with Crippen LogP contribution in [0.3, 0.4) is 0 Å². The van der Waals surface area contributed by atoms with Crippen LogP contribution in [0.4, 0.5) is 0 Å². The summed E-state index contributed by atoms with van der Waals surface area (Å²) in [6.45, 7) is 2.86. The number of esters is 1. The Morgan fingerprint density at radius 2 is 1.59 bits per heavy atom. The van der Waals surface area contributed by atoms with Crippen molar-refractivity contribution in [3.63, 3.8) is 0 Å². The van der Waals surface area contributed by atoms with Crippen molar-refractivity contribution in [1.82, 2.24) is 14.4 Å². The molecule has 2 fully saturated rings. The third-order valence-electron chi connectivity index (χ3n) is 8.29. The second-order valence-electron chi connectivity index (χ2n) is 10.1. The zero-order valence-electron chi connectivity index (χ0n) is 20.0. The number of carbonyl (C=O) groups excluding carboxylic acids is 3. The fraction of sp³-hybridized carbons (Fsp3) is 0.519. The summed E-state index contributed by atoms with van der Waals surface area (Å²) in [5, 5.41) is 1.08. The second kappa shape index (κ2) is 8.93. The maximum atomic E-state index is 13.4. The van der Waals surface area contributed by atoms with Crippen LogP contribution < -0.4 is 0 Å². The van der Waals surface area contributed by atoms with Gasteiger partial charge in [-0.1, -0.05) is 30.4 Å². The van der Waals surface area contributed by atoms with Crippen LogP contribution in [0.2, 0.25) is 0 Å². The number of carbonyl (C=O) groups is 3. The van der Waals surface area contributed by atoms with Crippen molar-refractivity contribution in [2.45, 2.75) is 32.1 Å². The summed E-state index contributed by atoms with van der Waals surface area (Å²) in [7, 11) is 3.34. The van der Waals surface area contributed by atoms with Crippen molar-refractivity contribution < 1.29 is 19.1 Å². The first-order chi connectivity index (χ1) is 16.4. The normalized spacial score (nSPS) is 24.1. The van der Waals surface area contributed by atoms with Gasteiger partial charge in [-0.15, -0.1) is 0 Å². The first-order valence-electron chi connectivity index (χ1n) is 12.3. The van der Waals surface area contributed by atoms with E-state index in [1.54, 1.807) is 0 Å². The zero-order valence-corrected chi connectivity index (χ0v) is 20.0. The number of hydrogen-bond donors (Lipinski definition) is 0. The van der Waals surface area contributed by atoms with Gasteiger partial charge in [-0.2, -0.15) is 0 Å². The highest BCUT2D eigenvalue weighted by Gasteiger charge is 2.45. The molecule has 1 spiro atoms. The molecule has 34 heavy (non-hydrogen) atoms. The minimum atomic E-state index is -0.390. The van der Waals surface area contributed by atoms with Gasteiger partial charge >= 0.3 is 5.97 Å². The number of likely N-dealkylation sites (tertiary alicyclic amines) is 2. The maximum Gasteiger partial charge on any atom is 0.309 e. The topological polar surface area (TPSA) is 71.9 Å². The van der Waals surface area contributed by atoms with E-state index in [1.807, 2.05) is 63.9 Å². The molecule has 2 aromatic rings. The molecule has 2 aliphatic heterocycles. The molecule has 7 nitrogen and oxygen atoms in total. The van der Waals surface area contributed by atoms with E-state index >= 15 is 0 Å². The predicted octanol–water partition coefficient (Wildman–Crippen LogP) is 3.39. The highest BCUT2D eigenvalue weighted by atomic mass is 16.5. The first-order valence-corrected chi connectivity index (χ1v) is 12.3. The van der Waals surface area contributed by atoms with Gasteiger partial charge in [-0.3, -0.25) is 14.4 Å². The smallest absolute Gasteiger partial charge is 0.309 e. The van der Waals surface area contributed by atoms with Crippen LogP contribution in [0.5, 0.6) is 0 Å². The Bertz CT molecular complexity index is 1140. The molecule has 1 aromatic carbocycles. The quantitative estimate of drug-likeness (QED) is 0.517. The van der Waals surface area contributed by atoms with E-state index in [1.165, 1.54) is 7.11 Å². The van der Waals surface area contributed by atoms with E-state index in [4.69, 9.17) is 4.74 Å². The molecule has 1 aromatic heterocycles. The van der Waals surface area contributed by atoms with Gasteiger partial charge in [0.1, 0.15) is 5.69 Å². The van der Waals surface area contributed by atoms with Crippen molar-refractivity contribution in [3.8, 4) is 0 Å². The molecule has 2 amide bonds. The average molecular weight is 464 g/mol. The summed E-state index contributed by atoms with van der Waals surface area (Å²) in [6, 6.07) is 10.0. The highest BCUT2D eigenvalue weighted by molar-refractivity contribution is 5.98. The monoisotopic (exact) mass is 463 g/mol. The number of methoxy groups -OCH3 is 1. The van der Waals surface area contributed by atoms with Gasteiger partial charge in [0.15, 0.2) is 0 Å². The minimum absolute atomic E-state index is 0.0661. The number of piperidine rings is 1. The van der Waals surface area contributed by atoms with Crippen LogP contribution in [0.15, 0.2) is 42.5 Å². The van der Waals surface area contributed by atoms with Crippen molar-refractivity contribution in [2.75, 3.05) is 33.3 Å². The number of fused-ring (bicyclic) bond motifs is 1. The molecule has 7 heteroatoms. The summed E-state index contributed by atoms with van der Waals surface area (Å²) in [6.07, 6.45) is 7.89.